The summed E-state index contributed by atoms with van der Waals surface area (Å²) in [4.78, 5) is 18.2. The smallest absolute Gasteiger partial charge is 0.225 e. The summed E-state index contributed by atoms with van der Waals surface area (Å²) in [5, 5.41) is 3.45. The second-order valence-corrected chi connectivity index (χ2v) is 7.95. The maximum Gasteiger partial charge on any atom is 0.225 e. The maximum atomic E-state index is 6.10. The van der Waals surface area contributed by atoms with Gasteiger partial charge in [0.25, 0.3) is 0 Å². The van der Waals surface area contributed by atoms with Crippen LogP contribution in [-0.4, -0.2) is 72.8 Å². The topological polar surface area (TPSA) is 65.9 Å². The van der Waals surface area contributed by atoms with Crippen LogP contribution in [0.5, 0.6) is 0 Å². The summed E-state index contributed by atoms with van der Waals surface area (Å²) in [5.41, 5.74) is 0. The Hall–Kier alpha value is -1.89. The van der Waals surface area contributed by atoms with E-state index in [1.165, 1.54) is 38.5 Å². The van der Waals surface area contributed by atoms with Crippen LogP contribution in [0, 0.1) is 0 Å². The maximum absolute atomic E-state index is 6.10. The summed E-state index contributed by atoms with van der Waals surface area (Å²) in [6.07, 6.45) is 14.2. The predicted octanol–water partition coefficient (Wildman–Crippen LogP) is 3.08. The molecule has 29 heavy (non-hydrogen) atoms. The van der Waals surface area contributed by atoms with Crippen molar-refractivity contribution < 1.29 is 4.74 Å². The Morgan fingerprint density at radius 1 is 1.07 bits per heavy atom. The summed E-state index contributed by atoms with van der Waals surface area (Å²) < 4.78 is 6.10. The number of ether oxygens (including phenoxy) is 1. The van der Waals surface area contributed by atoms with Crippen LogP contribution >= 0.6 is 0 Å². The minimum atomic E-state index is 0.503. The third-order valence-corrected chi connectivity index (χ3v) is 5.72. The van der Waals surface area contributed by atoms with Gasteiger partial charge in [-0.15, -0.1) is 0 Å². The molecule has 0 radical (unpaired) electrons. The SMILES string of the molecule is CCNC(=NCCCCOC1CCCCCC1)N1CCN(c2ncccn2)CC1. The number of nitrogens with one attached hydrogen (secondary N) is 1. The summed E-state index contributed by atoms with van der Waals surface area (Å²) in [6.45, 7) is 8.48. The van der Waals surface area contributed by atoms with Crippen molar-refractivity contribution >= 4 is 11.9 Å². The highest BCUT2D eigenvalue weighted by atomic mass is 16.5. The number of aromatic nitrogens is 2. The zero-order valence-electron chi connectivity index (χ0n) is 18.1. The van der Waals surface area contributed by atoms with Crippen molar-refractivity contribution in [1.29, 1.82) is 0 Å². The van der Waals surface area contributed by atoms with Gasteiger partial charge in [-0.2, -0.15) is 0 Å². The zero-order valence-corrected chi connectivity index (χ0v) is 18.1. The molecule has 2 aliphatic rings. The monoisotopic (exact) mass is 402 g/mol. The fraction of sp³-hybridized carbons (Fsp3) is 0.773. The van der Waals surface area contributed by atoms with E-state index < -0.39 is 0 Å². The number of guanidine groups is 1. The quantitative estimate of drug-likeness (QED) is 0.312. The third-order valence-electron chi connectivity index (χ3n) is 5.72. The Balaban J connectivity index is 1.36. The highest BCUT2D eigenvalue weighted by Gasteiger charge is 2.21. The molecule has 1 saturated carbocycles. The number of aliphatic imine (C=N–C) groups is 1. The van der Waals surface area contributed by atoms with Crippen molar-refractivity contribution in [3.63, 3.8) is 0 Å². The Morgan fingerprint density at radius 2 is 1.79 bits per heavy atom. The second-order valence-electron chi connectivity index (χ2n) is 7.95. The molecule has 3 rings (SSSR count). The van der Waals surface area contributed by atoms with E-state index in [9.17, 15) is 0 Å². The average molecular weight is 403 g/mol. The van der Waals surface area contributed by atoms with Gasteiger partial charge in [0, 0.05) is 58.3 Å². The molecule has 1 aliphatic carbocycles. The van der Waals surface area contributed by atoms with Gasteiger partial charge < -0.3 is 19.9 Å². The molecule has 0 spiro atoms. The first-order chi connectivity index (χ1) is 14.4. The lowest BCUT2D eigenvalue weighted by molar-refractivity contribution is 0.0412. The van der Waals surface area contributed by atoms with E-state index >= 15 is 0 Å². The van der Waals surface area contributed by atoms with E-state index in [0.29, 0.717) is 6.10 Å². The first-order valence-electron chi connectivity index (χ1n) is 11.5. The molecule has 2 heterocycles. The van der Waals surface area contributed by atoms with Gasteiger partial charge in [-0.1, -0.05) is 25.7 Å². The normalized spacial score (nSPS) is 19.3. The average Bonchev–Trinajstić information content (AvgIpc) is 3.05. The number of nitrogens with zero attached hydrogens (tertiary/aromatic N) is 5. The molecule has 162 valence electrons. The van der Waals surface area contributed by atoms with Crippen molar-refractivity contribution in [3.8, 4) is 0 Å². The molecule has 1 saturated heterocycles. The summed E-state index contributed by atoms with van der Waals surface area (Å²) >= 11 is 0. The van der Waals surface area contributed by atoms with Crippen LogP contribution in [0.4, 0.5) is 5.95 Å². The summed E-state index contributed by atoms with van der Waals surface area (Å²) in [7, 11) is 0. The van der Waals surface area contributed by atoms with Gasteiger partial charge in [0.15, 0.2) is 5.96 Å². The molecule has 0 aromatic carbocycles. The molecule has 0 amide bonds. The lowest BCUT2D eigenvalue weighted by Gasteiger charge is -2.36. The van der Waals surface area contributed by atoms with Gasteiger partial charge in [0.1, 0.15) is 0 Å². The van der Waals surface area contributed by atoms with Gasteiger partial charge in [-0.05, 0) is 38.7 Å². The van der Waals surface area contributed by atoms with Crippen molar-refractivity contribution in [2.75, 3.05) is 50.8 Å². The Kier molecular flexibility index (Phi) is 9.50. The molecule has 1 N–H and O–H groups in total. The van der Waals surface area contributed by atoms with Crippen LogP contribution < -0.4 is 10.2 Å². The highest BCUT2D eigenvalue weighted by Crippen LogP contribution is 2.20. The molecule has 1 aromatic rings. The molecule has 0 unspecified atom stereocenters. The predicted molar refractivity (Wildman–Crippen MR) is 118 cm³/mol. The van der Waals surface area contributed by atoms with Crippen LogP contribution in [0.25, 0.3) is 0 Å². The highest BCUT2D eigenvalue weighted by molar-refractivity contribution is 5.80. The summed E-state index contributed by atoms with van der Waals surface area (Å²) in [6, 6.07) is 1.86. The molecule has 7 heteroatoms. The summed E-state index contributed by atoms with van der Waals surface area (Å²) in [5.74, 6) is 1.86. The van der Waals surface area contributed by atoms with E-state index in [2.05, 4.69) is 32.0 Å². The number of piperazine rings is 1. The van der Waals surface area contributed by atoms with Gasteiger partial charge in [0.2, 0.25) is 5.95 Å². The van der Waals surface area contributed by atoms with Crippen LogP contribution in [-0.2, 0) is 4.74 Å². The minimum Gasteiger partial charge on any atom is -0.378 e. The standard InChI is InChI=1S/C22H38N6O/c1-2-23-21(24-12-7-8-19-29-20-10-5-3-4-6-11-20)27-15-17-28(18-16-27)22-25-13-9-14-26-22/h9,13-14,20H,2-8,10-12,15-19H2,1H3,(H,23,24). The van der Waals surface area contributed by atoms with Crippen molar-refractivity contribution in [3.05, 3.63) is 18.5 Å². The fourth-order valence-electron chi connectivity index (χ4n) is 4.06. The van der Waals surface area contributed by atoms with Gasteiger partial charge in [-0.25, -0.2) is 9.97 Å². The van der Waals surface area contributed by atoms with E-state index in [-0.39, 0.29) is 0 Å². The number of rotatable bonds is 8. The van der Waals surface area contributed by atoms with Crippen LogP contribution in [0.3, 0.4) is 0 Å². The fourth-order valence-corrected chi connectivity index (χ4v) is 4.06. The molecule has 2 fully saturated rings. The Labute approximate surface area is 176 Å². The van der Waals surface area contributed by atoms with Crippen molar-refractivity contribution in [2.45, 2.75) is 64.4 Å². The van der Waals surface area contributed by atoms with E-state index in [1.807, 2.05) is 6.07 Å². The lowest BCUT2D eigenvalue weighted by atomic mass is 10.1. The van der Waals surface area contributed by atoms with E-state index in [4.69, 9.17) is 9.73 Å². The number of hydrogen-bond donors (Lipinski definition) is 1. The molecule has 0 bridgehead atoms. The molecule has 0 atom stereocenters. The largest absolute Gasteiger partial charge is 0.378 e. The third kappa shape index (κ3) is 7.46. The number of anilines is 1. The number of hydrogen-bond acceptors (Lipinski definition) is 5. The first-order valence-corrected chi connectivity index (χ1v) is 11.5. The van der Waals surface area contributed by atoms with Crippen molar-refractivity contribution in [2.24, 2.45) is 4.99 Å². The first kappa shape index (κ1) is 21.8. The molecule has 7 nitrogen and oxygen atoms in total. The van der Waals surface area contributed by atoms with Gasteiger partial charge in [0.05, 0.1) is 6.10 Å². The van der Waals surface area contributed by atoms with Crippen LogP contribution in [0.1, 0.15) is 58.3 Å². The van der Waals surface area contributed by atoms with E-state index in [1.54, 1.807) is 12.4 Å². The Bertz CT molecular complexity index is 580. The van der Waals surface area contributed by atoms with Gasteiger partial charge >= 0.3 is 0 Å². The van der Waals surface area contributed by atoms with E-state index in [0.717, 1.165) is 70.6 Å². The lowest BCUT2D eigenvalue weighted by Crippen LogP contribution is -2.53. The molecule has 1 aliphatic heterocycles. The van der Waals surface area contributed by atoms with Gasteiger partial charge in [-0.3, -0.25) is 4.99 Å². The molecular weight excluding hydrogens is 364 g/mol. The second kappa shape index (κ2) is 12.6. The number of unbranched alkanes of at least 4 members (excludes halogenated alkanes) is 1. The van der Waals surface area contributed by atoms with Crippen LogP contribution in [0.15, 0.2) is 23.5 Å². The van der Waals surface area contributed by atoms with Crippen LogP contribution in [0.2, 0.25) is 0 Å². The Morgan fingerprint density at radius 3 is 2.48 bits per heavy atom. The zero-order chi connectivity index (χ0) is 20.2. The molecular formula is C22H38N6O. The van der Waals surface area contributed by atoms with Crippen molar-refractivity contribution in [1.82, 2.24) is 20.2 Å². The molecule has 1 aromatic heterocycles. The minimum absolute atomic E-state index is 0.503.